The average molecular weight is 412 g/mol. The van der Waals surface area contributed by atoms with Crippen LogP contribution in [0.3, 0.4) is 0 Å². The van der Waals surface area contributed by atoms with E-state index in [4.69, 9.17) is 5.73 Å². The van der Waals surface area contributed by atoms with E-state index in [0.717, 1.165) is 25.7 Å². The second-order valence-corrected chi connectivity index (χ2v) is 7.85. The first-order valence-corrected chi connectivity index (χ1v) is 10.1. The second-order valence-electron chi connectivity index (χ2n) is 7.85. The molecule has 2 fully saturated rings. The van der Waals surface area contributed by atoms with E-state index in [1.54, 1.807) is 4.90 Å². The van der Waals surface area contributed by atoms with Crippen LogP contribution in [0.15, 0.2) is 24.3 Å². The van der Waals surface area contributed by atoms with Gasteiger partial charge in [0.1, 0.15) is 5.82 Å². The number of benzene rings is 1. The lowest BCUT2D eigenvalue weighted by Gasteiger charge is -2.35. The summed E-state index contributed by atoms with van der Waals surface area (Å²) in [5, 5.41) is 3.16. The van der Waals surface area contributed by atoms with Crippen LogP contribution < -0.4 is 11.1 Å². The maximum absolute atomic E-state index is 13.1. The van der Waals surface area contributed by atoms with Gasteiger partial charge in [-0.25, -0.2) is 4.39 Å². The number of hydrogen-bond donors (Lipinski definition) is 2. The number of amides is 2. The Labute approximate surface area is 172 Å². The summed E-state index contributed by atoms with van der Waals surface area (Å²) < 4.78 is 13.1. The zero-order chi connectivity index (χ0) is 19.2. The van der Waals surface area contributed by atoms with Gasteiger partial charge in [-0.3, -0.25) is 9.59 Å². The molecule has 2 atom stereocenters. The Morgan fingerprint density at radius 1 is 1.11 bits per heavy atom. The van der Waals surface area contributed by atoms with Crippen molar-refractivity contribution in [2.24, 2.45) is 17.6 Å². The Hall–Kier alpha value is -1.66. The SMILES string of the molecule is Cl.NCC(NC(=O)C1CCCN(C(=O)c2ccc(F)cc2)C1)C1CCCCC1. The van der Waals surface area contributed by atoms with Crippen LogP contribution in [-0.4, -0.2) is 42.4 Å². The van der Waals surface area contributed by atoms with Crippen molar-refractivity contribution >= 4 is 24.2 Å². The van der Waals surface area contributed by atoms with Crippen molar-refractivity contribution in [3.8, 4) is 0 Å². The molecule has 1 saturated carbocycles. The topological polar surface area (TPSA) is 75.4 Å². The van der Waals surface area contributed by atoms with Gasteiger partial charge in [-0.2, -0.15) is 0 Å². The van der Waals surface area contributed by atoms with Crippen molar-refractivity contribution in [2.75, 3.05) is 19.6 Å². The van der Waals surface area contributed by atoms with Gasteiger partial charge in [0, 0.05) is 31.2 Å². The molecule has 28 heavy (non-hydrogen) atoms. The molecule has 1 aromatic carbocycles. The van der Waals surface area contributed by atoms with Crippen molar-refractivity contribution in [3.63, 3.8) is 0 Å². The van der Waals surface area contributed by atoms with Gasteiger partial charge in [-0.05, 0) is 55.9 Å². The lowest BCUT2D eigenvalue weighted by Crippen LogP contribution is -2.51. The number of carbonyl (C=O) groups is 2. The number of likely N-dealkylation sites (tertiary alicyclic amines) is 1. The monoisotopic (exact) mass is 411 g/mol. The van der Waals surface area contributed by atoms with E-state index < -0.39 is 0 Å². The van der Waals surface area contributed by atoms with E-state index in [0.29, 0.717) is 31.1 Å². The number of nitrogens with zero attached hydrogens (tertiary/aromatic N) is 1. The molecule has 2 unspecified atom stereocenters. The Bertz CT molecular complexity index is 650. The maximum Gasteiger partial charge on any atom is 0.253 e. The molecule has 2 amide bonds. The minimum atomic E-state index is -0.363. The van der Waals surface area contributed by atoms with Gasteiger partial charge in [-0.15, -0.1) is 12.4 Å². The number of carbonyl (C=O) groups excluding carboxylic acids is 2. The first-order valence-electron chi connectivity index (χ1n) is 10.1. The first kappa shape index (κ1) is 22.6. The van der Waals surface area contributed by atoms with Crippen LogP contribution >= 0.6 is 12.4 Å². The number of nitrogens with two attached hydrogens (primary N) is 1. The van der Waals surface area contributed by atoms with Gasteiger partial charge in [0.15, 0.2) is 0 Å². The van der Waals surface area contributed by atoms with Crippen LogP contribution in [0.25, 0.3) is 0 Å². The molecule has 7 heteroatoms. The van der Waals surface area contributed by atoms with Gasteiger partial charge in [0.25, 0.3) is 5.91 Å². The summed E-state index contributed by atoms with van der Waals surface area (Å²) in [4.78, 5) is 27.2. The fourth-order valence-corrected chi connectivity index (χ4v) is 4.36. The molecule has 1 aromatic rings. The number of nitrogens with one attached hydrogen (secondary N) is 1. The van der Waals surface area contributed by atoms with E-state index in [-0.39, 0.29) is 42.0 Å². The molecule has 1 aliphatic heterocycles. The summed E-state index contributed by atoms with van der Waals surface area (Å²) in [6.07, 6.45) is 7.51. The average Bonchev–Trinajstić information content (AvgIpc) is 2.72. The van der Waals surface area contributed by atoms with Crippen molar-refractivity contribution in [2.45, 2.75) is 51.0 Å². The lowest BCUT2D eigenvalue weighted by molar-refractivity contribution is -0.127. The standard InChI is InChI=1S/C21H30FN3O2.ClH/c22-18-10-8-16(9-11-18)21(27)25-12-4-7-17(14-25)20(26)24-19(13-23)15-5-2-1-3-6-15;/h8-11,15,17,19H,1-7,12-14,23H2,(H,24,26);1H. The van der Waals surface area contributed by atoms with Crippen LogP contribution in [0.1, 0.15) is 55.3 Å². The molecule has 1 heterocycles. The highest BCUT2D eigenvalue weighted by Crippen LogP contribution is 2.27. The summed E-state index contributed by atoms with van der Waals surface area (Å²) in [5.74, 6) is -0.241. The summed E-state index contributed by atoms with van der Waals surface area (Å²) in [6.45, 7) is 1.49. The zero-order valence-electron chi connectivity index (χ0n) is 16.2. The summed E-state index contributed by atoms with van der Waals surface area (Å²) in [6, 6.07) is 5.60. The Kier molecular flexibility index (Phi) is 8.70. The minimum Gasteiger partial charge on any atom is -0.352 e. The van der Waals surface area contributed by atoms with Crippen molar-refractivity contribution in [1.82, 2.24) is 10.2 Å². The second kappa shape index (κ2) is 10.8. The molecule has 5 nitrogen and oxygen atoms in total. The molecule has 0 aromatic heterocycles. The summed E-state index contributed by atoms with van der Waals surface area (Å²) in [7, 11) is 0. The molecule has 0 radical (unpaired) electrons. The highest BCUT2D eigenvalue weighted by Gasteiger charge is 2.31. The highest BCUT2D eigenvalue weighted by molar-refractivity contribution is 5.94. The fourth-order valence-electron chi connectivity index (χ4n) is 4.36. The summed E-state index contributed by atoms with van der Waals surface area (Å²) >= 11 is 0. The van der Waals surface area contributed by atoms with Crippen molar-refractivity contribution in [1.29, 1.82) is 0 Å². The highest BCUT2D eigenvalue weighted by atomic mass is 35.5. The molecule has 1 saturated heterocycles. The van der Waals surface area contributed by atoms with Gasteiger partial charge in [-0.1, -0.05) is 19.3 Å². The van der Waals surface area contributed by atoms with Crippen LogP contribution in [0, 0.1) is 17.7 Å². The third-order valence-corrected chi connectivity index (χ3v) is 5.97. The van der Waals surface area contributed by atoms with Crippen LogP contribution in [0.5, 0.6) is 0 Å². The largest absolute Gasteiger partial charge is 0.352 e. The Balaban J connectivity index is 0.00000280. The van der Waals surface area contributed by atoms with Gasteiger partial charge >= 0.3 is 0 Å². The molecule has 0 bridgehead atoms. The molecule has 0 spiro atoms. The zero-order valence-corrected chi connectivity index (χ0v) is 17.1. The number of halogens is 2. The van der Waals surface area contributed by atoms with Gasteiger partial charge < -0.3 is 16.0 Å². The quantitative estimate of drug-likeness (QED) is 0.781. The van der Waals surface area contributed by atoms with E-state index in [1.165, 1.54) is 43.5 Å². The molecule has 3 rings (SSSR count). The Morgan fingerprint density at radius 2 is 1.79 bits per heavy atom. The number of rotatable bonds is 5. The summed E-state index contributed by atoms with van der Waals surface area (Å²) in [5.41, 5.74) is 6.39. The van der Waals surface area contributed by atoms with Crippen LogP contribution in [0.2, 0.25) is 0 Å². The number of hydrogen-bond acceptors (Lipinski definition) is 3. The van der Waals surface area contributed by atoms with Gasteiger partial charge in [0.2, 0.25) is 5.91 Å². The minimum absolute atomic E-state index is 0. The molecule has 3 N–H and O–H groups in total. The van der Waals surface area contributed by atoms with Crippen molar-refractivity contribution < 1.29 is 14.0 Å². The van der Waals surface area contributed by atoms with E-state index >= 15 is 0 Å². The number of piperidine rings is 1. The van der Waals surface area contributed by atoms with Crippen LogP contribution in [-0.2, 0) is 4.79 Å². The molecule has 1 aliphatic carbocycles. The maximum atomic E-state index is 13.1. The van der Waals surface area contributed by atoms with E-state index in [1.807, 2.05) is 0 Å². The van der Waals surface area contributed by atoms with E-state index in [9.17, 15) is 14.0 Å². The molecular formula is C21H31ClFN3O2. The van der Waals surface area contributed by atoms with E-state index in [2.05, 4.69) is 5.32 Å². The molecule has 156 valence electrons. The predicted molar refractivity (Wildman–Crippen MR) is 110 cm³/mol. The first-order chi connectivity index (χ1) is 13.1. The van der Waals surface area contributed by atoms with Crippen molar-refractivity contribution in [3.05, 3.63) is 35.6 Å². The fraction of sp³-hybridized carbons (Fsp3) is 0.619. The smallest absolute Gasteiger partial charge is 0.253 e. The lowest BCUT2D eigenvalue weighted by atomic mass is 9.83. The predicted octanol–water partition coefficient (Wildman–Crippen LogP) is 3.12. The third-order valence-electron chi connectivity index (χ3n) is 5.97. The molecule has 2 aliphatic rings. The van der Waals surface area contributed by atoms with Gasteiger partial charge in [0.05, 0.1) is 5.92 Å². The third kappa shape index (κ3) is 5.67. The Morgan fingerprint density at radius 3 is 2.43 bits per heavy atom. The van der Waals surface area contributed by atoms with Crippen LogP contribution in [0.4, 0.5) is 4.39 Å². The molecular weight excluding hydrogens is 381 g/mol. The normalized spacial score (nSPS) is 21.5.